The van der Waals surface area contributed by atoms with Crippen molar-refractivity contribution in [2.45, 2.75) is 39.2 Å². The van der Waals surface area contributed by atoms with Crippen LogP contribution in [0.5, 0.6) is 0 Å². The van der Waals surface area contributed by atoms with E-state index in [2.05, 4.69) is 39.3 Å². The molecular weight excluding hydrogens is 268 g/mol. The maximum Gasteiger partial charge on any atom is 0.185 e. The van der Waals surface area contributed by atoms with Gasteiger partial charge in [0.15, 0.2) is 5.13 Å². The van der Waals surface area contributed by atoms with Crippen LogP contribution in [0.25, 0.3) is 0 Å². The molecule has 1 fully saturated rings. The standard InChI is InChI=1S/C15H28N4S/c1-3-6-16-7-4-5-14(2)18-9-11-19(12-10-18)15-17-8-13-20-15/h8,13-14,16H,3-7,9-12H2,1-2H3. The summed E-state index contributed by atoms with van der Waals surface area (Å²) in [6.45, 7) is 11.5. The Morgan fingerprint density at radius 3 is 2.75 bits per heavy atom. The summed E-state index contributed by atoms with van der Waals surface area (Å²) in [6.07, 6.45) is 5.72. The maximum atomic E-state index is 4.41. The molecule has 2 heterocycles. The molecule has 1 N–H and O–H groups in total. The van der Waals surface area contributed by atoms with Gasteiger partial charge in [0.05, 0.1) is 0 Å². The molecule has 0 amide bonds. The highest BCUT2D eigenvalue weighted by Gasteiger charge is 2.21. The molecule has 1 saturated heterocycles. The number of aromatic nitrogens is 1. The molecule has 114 valence electrons. The lowest BCUT2D eigenvalue weighted by molar-refractivity contribution is 0.186. The Kier molecular flexibility index (Phi) is 6.76. The van der Waals surface area contributed by atoms with Gasteiger partial charge < -0.3 is 10.2 Å². The molecule has 1 aromatic rings. The van der Waals surface area contributed by atoms with E-state index in [0.29, 0.717) is 6.04 Å². The van der Waals surface area contributed by atoms with Crippen LogP contribution in [0.4, 0.5) is 5.13 Å². The summed E-state index contributed by atoms with van der Waals surface area (Å²) in [5.74, 6) is 0. The molecule has 0 bridgehead atoms. The average molecular weight is 296 g/mol. The van der Waals surface area contributed by atoms with E-state index >= 15 is 0 Å². The van der Waals surface area contributed by atoms with Crippen molar-refractivity contribution in [3.05, 3.63) is 11.6 Å². The predicted octanol–water partition coefficient (Wildman–Crippen LogP) is 2.43. The Bertz CT molecular complexity index is 347. The van der Waals surface area contributed by atoms with Crippen LogP contribution in [0, 0.1) is 0 Å². The quantitative estimate of drug-likeness (QED) is 0.747. The molecule has 0 aromatic carbocycles. The van der Waals surface area contributed by atoms with E-state index in [-0.39, 0.29) is 0 Å². The van der Waals surface area contributed by atoms with Crippen LogP contribution in [0.3, 0.4) is 0 Å². The second-order valence-electron chi connectivity index (χ2n) is 5.58. The fourth-order valence-corrected chi connectivity index (χ4v) is 3.43. The lowest BCUT2D eigenvalue weighted by atomic mass is 10.1. The van der Waals surface area contributed by atoms with Crippen molar-refractivity contribution in [1.82, 2.24) is 15.2 Å². The zero-order valence-corrected chi connectivity index (χ0v) is 13.7. The molecule has 2 rings (SSSR count). The topological polar surface area (TPSA) is 31.4 Å². The second kappa shape index (κ2) is 8.60. The van der Waals surface area contributed by atoms with Gasteiger partial charge in [-0.15, -0.1) is 11.3 Å². The first-order chi connectivity index (χ1) is 9.81. The maximum absolute atomic E-state index is 4.41. The molecule has 0 spiro atoms. The fraction of sp³-hybridized carbons (Fsp3) is 0.800. The number of rotatable bonds is 8. The van der Waals surface area contributed by atoms with Crippen molar-refractivity contribution in [1.29, 1.82) is 0 Å². The first-order valence-electron chi connectivity index (χ1n) is 7.90. The van der Waals surface area contributed by atoms with Gasteiger partial charge in [0.25, 0.3) is 0 Å². The molecule has 0 radical (unpaired) electrons. The van der Waals surface area contributed by atoms with Crippen molar-refractivity contribution in [3.63, 3.8) is 0 Å². The van der Waals surface area contributed by atoms with E-state index < -0.39 is 0 Å². The van der Waals surface area contributed by atoms with Crippen LogP contribution in [0.1, 0.15) is 33.1 Å². The zero-order valence-electron chi connectivity index (χ0n) is 12.8. The van der Waals surface area contributed by atoms with Gasteiger partial charge in [0, 0.05) is 43.8 Å². The average Bonchev–Trinajstić information content (AvgIpc) is 3.01. The van der Waals surface area contributed by atoms with Crippen LogP contribution >= 0.6 is 11.3 Å². The van der Waals surface area contributed by atoms with Crippen LogP contribution in [0.15, 0.2) is 11.6 Å². The second-order valence-corrected chi connectivity index (χ2v) is 6.45. The van der Waals surface area contributed by atoms with Gasteiger partial charge in [-0.05, 0) is 39.3 Å². The zero-order chi connectivity index (χ0) is 14.2. The van der Waals surface area contributed by atoms with Crippen LogP contribution in [0.2, 0.25) is 0 Å². The van der Waals surface area contributed by atoms with Crippen molar-refractivity contribution in [2.24, 2.45) is 0 Å². The summed E-state index contributed by atoms with van der Waals surface area (Å²) >= 11 is 1.75. The van der Waals surface area contributed by atoms with Gasteiger partial charge in [-0.25, -0.2) is 4.98 Å². The van der Waals surface area contributed by atoms with Crippen molar-refractivity contribution in [3.8, 4) is 0 Å². The first-order valence-corrected chi connectivity index (χ1v) is 8.78. The molecule has 4 nitrogen and oxygen atoms in total. The van der Waals surface area contributed by atoms with E-state index in [4.69, 9.17) is 0 Å². The molecule has 1 aromatic heterocycles. The SMILES string of the molecule is CCCNCCCC(C)N1CCN(c2nccs2)CC1. The Hall–Kier alpha value is -0.650. The third-order valence-corrected chi connectivity index (χ3v) is 4.86. The summed E-state index contributed by atoms with van der Waals surface area (Å²) in [5.41, 5.74) is 0. The summed E-state index contributed by atoms with van der Waals surface area (Å²) < 4.78 is 0. The van der Waals surface area contributed by atoms with Crippen LogP contribution in [-0.2, 0) is 0 Å². The van der Waals surface area contributed by atoms with Crippen LogP contribution in [-0.4, -0.2) is 55.2 Å². The number of anilines is 1. The molecular formula is C15H28N4S. The lowest BCUT2D eigenvalue weighted by Gasteiger charge is -2.38. The van der Waals surface area contributed by atoms with Gasteiger partial charge in [0.1, 0.15) is 0 Å². The highest BCUT2D eigenvalue weighted by molar-refractivity contribution is 7.13. The Morgan fingerprint density at radius 1 is 1.30 bits per heavy atom. The van der Waals surface area contributed by atoms with Gasteiger partial charge in [-0.2, -0.15) is 0 Å². The van der Waals surface area contributed by atoms with Crippen molar-refractivity contribution >= 4 is 16.5 Å². The summed E-state index contributed by atoms with van der Waals surface area (Å²) in [6, 6.07) is 0.705. The largest absolute Gasteiger partial charge is 0.346 e. The molecule has 5 heteroatoms. The third-order valence-electron chi connectivity index (χ3n) is 4.03. The molecule has 0 saturated carbocycles. The molecule has 0 aliphatic carbocycles. The molecule has 1 aliphatic rings. The third kappa shape index (κ3) is 4.72. The summed E-state index contributed by atoms with van der Waals surface area (Å²) in [4.78, 5) is 9.45. The normalized spacial score (nSPS) is 18.4. The summed E-state index contributed by atoms with van der Waals surface area (Å²) in [5, 5.41) is 6.73. The minimum atomic E-state index is 0.705. The van der Waals surface area contributed by atoms with Crippen molar-refractivity contribution < 1.29 is 0 Å². The Labute approximate surface area is 127 Å². The van der Waals surface area contributed by atoms with E-state index in [0.717, 1.165) is 26.2 Å². The molecule has 1 aliphatic heterocycles. The number of nitrogens with zero attached hydrogens (tertiary/aromatic N) is 3. The first kappa shape index (κ1) is 15.7. The summed E-state index contributed by atoms with van der Waals surface area (Å²) in [7, 11) is 0. The smallest absolute Gasteiger partial charge is 0.185 e. The van der Waals surface area contributed by atoms with E-state index in [1.165, 1.54) is 37.5 Å². The van der Waals surface area contributed by atoms with Gasteiger partial charge in [0.2, 0.25) is 0 Å². The Morgan fingerprint density at radius 2 is 2.10 bits per heavy atom. The molecule has 1 atom stereocenters. The monoisotopic (exact) mass is 296 g/mol. The van der Waals surface area contributed by atoms with E-state index in [1.807, 2.05) is 6.20 Å². The number of hydrogen-bond donors (Lipinski definition) is 1. The lowest BCUT2D eigenvalue weighted by Crippen LogP contribution is -2.49. The highest BCUT2D eigenvalue weighted by Crippen LogP contribution is 2.20. The van der Waals surface area contributed by atoms with E-state index in [1.54, 1.807) is 11.3 Å². The Balaban J connectivity index is 1.63. The van der Waals surface area contributed by atoms with Crippen molar-refractivity contribution in [2.75, 3.05) is 44.2 Å². The predicted molar refractivity (Wildman–Crippen MR) is 87.8 cm³/mol. The minimum Gasteiger partial charge on any atom is -0.346 e. The minimum absolute atomic E-state index is 0.705. The molecule has 20 heavy (non-hydrogen) atoms. The van der Waals surface area contributed by atoms with E-state index in [9.17, 15) is 0 Å². The van der Waals surface area contributed by atoms with Gasteiger partial charge in [-0.1, -0.05) is 6.92 Å². The number of piperazine rings is 1. The number of thiazole rings is 1. The van der Waals surface area contributed by atoms with Crippen LogP contribution < -0.4 is 10.2 Å². The van der Waals surface area contributed by atoms with Gasteiger partial charge in [-0.3, -0.25) is 4.90 Å². The number of nitrogens with one attached hydrogen (secondary N) is 1. The highest BCUT2D eigenvalue weighted by atomic mass is 32.1. The molecule has 1 unspecified atom stereocenters. The number of hydrogen-bond acceptors (Lipinski definition) is 5. The fourth-order valence-electron chi connectivity index (χ4n) is 2.73. The van der Waals surface area contributed by atoms with Gasteiger partial charge >= 0.3 is 0 Å².